The van der Waals surface area contributed by atoms with Crippen LogP contribution >= 0.6 is 0 Å². The molecule has 1 aromatic heterocycles. The van der Waals surface area contributed by atoms with E-state index in [9.17, 15) is 9.59 Å². The Balaban J connectivity index is 2.66. The number of carbonyl (C=O) groups excluding carboxylic acids is 2. The minimum absolute atomic E-state index is 0.177. The zero-order chi connectivity index (χ0) is 11.4. The molecular formula is C13H9NO2. The average Bonchev–Trinajstić information content (AvgIpc) is 2.38. The zero-order valence-electron chi connectivity index (χ0n) is 8.46. The van der Waals surface area contributed by atoms with Crippen molar-refractivity contribution in [2.45, 2.75) is 0 Å². The van der Waals surface area contributed by atoms with E-state index in [2.05, 4.69) is 4.98 Å². The van der Waals surface area contributed by atoms with Crippen LogP contribution in [-0.2, 0) is 0 Å². The van der Waals surface area contributed by atoms with Crippen LogP contribution in [-0.4, -0.2) is 17.6 Å². The predicted molar refractivity (Wildman–Crippen MR) is 60.4 cm³/mol. The van der Waals surface area contributed by atoms with Gasteiger partial charge in [0.25, 0.3) is 0 Å². The lowest BCUT2D eigenvalue weighted by Gasteiger charge is -2.05. The van der Waals surface area contributed by atoms with Gasteiger partial charge in [-0.3, -0.25) is 14.6 Å². The summed E-state index contributed by atoms with van der Waals surface area (Å²) in [6.45, 7) is 0. The number of benzene rings is 1. The molecule has 1 aromatic carbocycles. The predicted octanol–water partition coefficient (Wildman–Crippen LogP) is 2.37. The number of aromatic nitrogens is 1. The van der Waals surface area contributed by atoms with E-state index in [1.54, 1.807) is 6.07 Å². The number of carbonyl (C=O) groups is 2. The summed E-state index contributed by atoms with van der Waals surface area (Å²) in [4.78, 5) is 25.6. The number of pyridine rings is 1. The molecular weight excluding hydrogens is 202 g/mol. The van der Waals surface area contributed by atoms with Crippen LogP contribution < -0.4 is 0 Å². The van der Waals surface area contributed by atoms with Crippen molar-refractivity contribution in [1.82, 2.24) is 4.98 Å². The fraction of sp³-hybridized carbons (Fsp3) is 0. The van der Waals surface area contributed by atoms with Crippen molar-refractivity contribution in [2.24, 2.45) is 0 Å². The van der Waals surface area contributed by atoms with E-state index < -0.39 is 0 Å². The van der Waals surface area contributed by atoms with Gasteiger partial charge in [0.1, 0.15) is 5.69 Å². The Hall–Kier alpha value is -2.29. The topological polar surface area (TPSA) is 47.0 Å². The van der Waals surface area contributed by atoms with Gasteiger partial charge in [0.05, 0.1) is 5.56 Å². The zero-order valence-corrected chi connectivity index (χ0v) is 8.46. The van der Waals surface area contributed by atoms with Gasteiger partial charge in [-0.25, -0.2) is 0 Å². The highest BCUT2D eigenvalue weighted by molar-refractivity contribution is 5.95. The Morgan fingerprint density at radius 2 is 1.69 bits per heavy atom. The summed E-state index contributed by atoms with van der Waals surface area (Å²) in [7, 11) is 0. The van der Waals surface area contributed by atoms with Gasteiger partial charge in [-0.1, -0.05) is 30.3 Å². The van der Waals surface area contributed by atoms with Gasteiger partial charge in [0.15, 0.2) is 12.6 Å². The number of aldehydes is 2. The first kappa shape index (κ1) is 10.2. The summed E-state index contributed by atoms with van der Waals surface area (Å²) < 4.78 is 0. The van der Waals surface area contributed by atoms with E-state index in [0.29, 0.717) is 18.1 Å². The van der Waals surface area contributed by atoms with Gasteiger partial charge in [-0.2, -0.15) is 0 Å². The fourth-order valence-corrected chi connectivity index (χ4v) is 1.58. The van der Waals surface area contributed by atoms with Gasteiger partial charge in [0, 0.05) is 6.20 Å². The van der Waals surface area contributed by atoms with E-state index in [1.165, 1.54) is 6.20 Å². The van der Waals surface area contributed by atoms with Crippen molar-refractivity contribution in [3.8, 4) is 11.1 Å². The highest BCUT2D eigenvalue weighted by Gasteiger charge is 2.09. The molecule has 0 atom stereocenters. The Morgan fingerprint density at radius 3 is 2.31 bits per heavy atom. The largest absolute Gasteiger partial charge is 0.298 e. The van der Waals surface area contributed by atoms with Crippen LogP contribution in [0.1, 0.15) is 20.8 Å². The molecule has 2 aromatic rings. The lowest BCUT2D eigenvalue weighted by atomic mass is 10.0. The molecule has 0 N–H and O–H groups in total. The normalized spacial score (nSPS) is 9.75. The van der Waals surface area contributed by atoms with Crippen LogP contribution in [0.2, 0.25) is 0 Å². The third-order valence-corrected chi connectivity index (χ3v) is 2.34. The van der Waals surface area contributed by atoms with E-state index in [4.69, 9.17) is 0 Å². The quantitative estimate of drug-likeness (QED) is 0.732. The molecule has 0 aliphatic rings. The van der Waals surface area contributed by atoms with E-state index in [-0.39, 0.29) is 5.69 Å². The molecule has 3 heteroatoms. The Bertz CT molecular complexity index is 521. The fourth-order valence-electron chi connectivity index (χ4n) is 1.58. The van der Waals surface area contributed by atoms with Crippen LogP contribution in [0.25, 0.3) is 11.1 Å². The second kappa shape index (κ2) is 4.49. The molecule has 2 rings (SSSR count). The van der Waals surface area contributed by atoms with Gasteiger partial charge in [-0.05, 0) is 17.2 Å². The summed E-state index contributed by atoms with van der Waals surface area (Å²) >= 11 is 0. The van der Waals surface area contributed by atoms with Crippen LogP contribution in [0, 0.1) is 0 Å². The van der Waals surface area contributed by atoms with E-state index >= 15 is 0 Å². The molecule has 0 unspecified atom stereocenters. The number of hydrogen-bond acceptors (Lipinski definition) is 3. The Morgan fingerprint density at radius 1 is 0.938 bits per heavy atom. The molecule has 0 radical (unpaired) electrons. The highest BCUT2D eigenvalue weighted by atomic mass is 16.1. The van der Waals surface area contributed by atoms with Crippen molar-refractivity contribution in [3.63, 3.8) is 0 Å². The maximum absolute atomic E-state index is 11.0. The van der Waals surface area contributed by atoms with E-state index in [1.807, 2.05) is 30.3 Å². The van der Waals surface area contributed by atoms with Gasteiger partial charge in [-0.15, -0.1) is 0 Å². The van der Waals surface area contributed by atoms with Crippen molar-refractivity contribution in [2.75, 3.05) is 0 Å². The molecule has 16 heavy (non-hydrogen) atoms. The maximum Gasteiger partial charge on any atom is 0.169 e. The van der Waals surface area contributed by atoms with Crippen LogP contribution in [0.3, 0.4) is 0 Å². The first-order chi connectivity index (χ1) is 7.86. The molecule has 0 saturated heterocycles. The number of hydrogen-bond donors (Lipinski definition) is 0. The minimum Gasteiger partial charge on any atom is -0.298 e. The number of nitrogens with zero attached hydrogens (tertiary/aromatic N) is 1. The first-order valence-corrected chi connectivity index (χ1v) is 4.81. The third kappa shape index (κ3) is 1.75. The summed E-state index contributed by atoms with van der Waals surface area (Å²) in [5.74, 6) is 0. The molecule has 1 heterocycles. The maximum atomic E-state index is 11.0. The van der Waals surface area contributed by atoms with Crippen molar-refractivity contribution in [3.05, 3.63) is 53.9 Å². The lowest BCUT2D eigenvalue weighted by molar-refractivity contribution is 0.109. The molecule has 0 bridgehead atoms. The summed E-state index contributed by atoms with van der Waals surface area (Å²) in [6.07, 6.45) is 2.79. The van der Waals surface area contributed by atoms with Crippen molar-refractivity contribution < 1.29 is 9.59 Å². The smallest absolute Gasteiger partial charge is 0.169 e. The standard InChI is InChI=1S/C13H9NO2/c15-8-12-11(6-7-14-13(12)9-16)10-4-2-1-3-5-10/h1-9H. The molecule has 0 saturated carbocycles. The SMILES string of the molecule is O=Cc1nccc(-c2ccccc2)c1C=O. The van der Waals surface area contributed by atoms with Crippen molar-refractivity contribution in [1.29, 1.82) is 0 Å². The van der Waals surface area contributed by atoms with Crippen molar-refractivity contribution >= 4 is 12.6 Å². The highest BCUT2D eigenvalue weighted by Crippen LogP contribution is 2.22. The molecule has 0 spiro atoms. The second-order valence-electron chi connectivity index (χ2n) is 3.26. The monoisotopic (exact) mass is 211 g/mol. The van der Waals surface area contributed by atoms with Gasteiger partial charge in [0.2, 0.25) is 0 Å². The first-order valence-electron chi connectivity index (χ1n) is 4.81. The molecule has 0 aliphatic heterocycles. The minimum atomic E-state index is 0.177. The second-order valence-corrected chi connectivity index (χ2v) is 3.26. The molecule has 0 amide bonds. The molecule has 0 fully saturated rings. The summed E-state index contributed by atoms with van der Waals surface area (Å²) in [5.41, 5.74) is 2.14. The summed E-state index contributed by atoms with van der Waals surface area (Å²) in [5, 5.41) is 0. The lowest BCUT2D eigenvalue weighted by Crippen LogP contribution is -1.97. The Labute approximate surface area is 92.8 Å². The van der Waals surface area contributed by atoms with E-state index in [0.717, 1.165) is 11.1 Å². The average molecular weight is 211 g/mol. The Kier molecular flexibility index (Phi) is 2.87. The molecule has 78 valence electrons. The van der Waals surface area contributed by atoms with Crippen LogP contribution in [0.5, 0.6) is 0 Å². The van der Waals surface area contributed by atoms with Gasteiger partial charge < -0.3 is 0 Å². The number of rotatable bonds is 3. The summed E-state index contributed by atoms with van der Waals surface area (Å²) in [6, 6.07) is 11.2. The van der Waals surface area contributed by atoms with Crippen LogP contribution in [0.15, 0.2) is 42.6 Å². The molecule has 0 aliphatic carbocycles. The van der Waals surface area contributed by atoms with Gasteiger partial charge >= 0.3 is 0 Å². The third-order valence-electron chi connectivity index (χ3n) is 2.34. The molecule has 3 nitrogen and oxygen atoms in total. The van der Waals surface area contributed by atoms with Crippen LogP contribution in [0.4, 0.5) is 0 Å².